The minimum Gasteiger partial charge on any atom is -0.378 e. The lowest BCUT2D eigenvalue weighted by molar-refractivity contribution is -0.385. The van der Waals surface area contributed by atoms with E-state index in [2.05, 4.69) is 24.8 Å². The predicted octanol–water partition coefficient (Wildman–Crippen LogP) is 4.81. The standard InChI is InChI=1S/C20H28N2O3/c1-3-20(4-2)9-7-16(8-10-20)18-15-17(5-6-19(18)22(23)24)21-11-13-25-14-12-21/h5-7,15H,3-4,8-14H2,1-2H3. The Balaban J connectivity index is 1.93. The summed E-state index contributed by atoms with van der Waals surface area (Å²) in [7, 11) is 0. The maximum Gasteiger partial charge on any atom is 0.277 e. The Morgan fingerprint density at radius 2 is 1.96 bits per heavy atom. The first kappa shape index (κ1) is 17.9. The van der Waals surface area contributed by atoms with E-state index >= 15 is 0 Å². The van der Waals surface area contributed by atoms with Gasteiger partial charge in [0.1, 0.15) is 0 Å². The molecule has 136 valence electrons. The molecule has 0 spiro atoms. The third-order valence-electron chi connectivity index (χ3n) is 6.11. The number of rotatable bonds is 5. The molecule has 0 aromatic heterocycles. The van der Waals surface area contributed by atoms with Crippen molar-refractivity contribution in [1.82, 2.24) is 0 Å². The Bertz CT molecular complexity index is 659. The van der Waals surface area contributed by atoms with E-state index in [1.807, 2.05) is 12.1 Å². The Labute approximate surface area is 149 Å². The SMILES string of the molecule is CCC1(CC)CC=C(c2cc(N3CCOCC3)ccc2[N+](=O)[O-])CC1. The zero-order chi connectivity index (χ0) is 17.9. The van der Waals surface area contributed by atoms with Crippen LogP contribution < -0.4 is 4.90 Å². The van der Waals surface area contributed by atoms with Crippen LogP contribution in [0.25, 0.3) is 5.57 Å². The van der Waals surface area contributed by atoms with Gasteiger partial charge in [-0.25, -0.2) is 0 Å². The van der Waals surface area contributed by atoms with Gasteiger partial charge in [0, 0.05) is 24.8 Å². The normalized spacial score (nSPS) is 20.2. The van der Waals surface area contributed by atoms with Crippen molar-refractivity contribution in [3.63, 3.8) is 0 Å². The lowest BCUT2D eigenvalue weighted by Gasteiger charge is -2.35. The van der Waals surface area contributed by atoms with Crippen LogP contribution in [0.2, 0.25) is 0 Å². The van der Waals surface area contributed by atoms with Gasteiger partial charge in [-0.05, 0) is 42.4 Å². The second kappa shape index (κ2) is 7.56. The largest absolute Gasteiger partial charge is 0.378 e. The Kier molecular flexibility index (Phi) is 5.42. The summed E-state index contributed by atoms with van der Waals surface area (Å²) in [5.74, 6) is 0. The molecule has 0 N–H and O–H groups in total. The van der Waals surface area contributed by atoms with Crippen LogP contribution in [0, 0.1) is 15.5 Å². The smallest absolute Gasteiger partial charge is 0.277 e. The highest BCUT2D eigenvalue weighted by Gasteiger charge is 2.30. The molecule has 0 saturated carbocycles. The average molecular weight is 344 g/mol. The molecule has 5 heteroatoms. The number of allylic oxidation sites excluding steroid dienone is 2. The summed E-state index contributed by atoms with van der Waals surface area (Å²) < 4.78 is 5.42. The van der Waals surface area contributed by atoms with Gasteiger partial charge in [-0.15, -0.1) is 0 Å². The van der Waals surface area contributed by atoms with E-state index in [1.165, 1.54) is 12.8 Å². The van der Waals surface area contributed by atoms with E-state index in [9.17, 15) is 10.1 Å². The van der Waals surface area contributed by atoms with Crippen LogP contribution in [0.5, 0.6) is 0 Å². The Morgan fingerprint density at radius 3 is 2.52 bits per heavy atom. The second-order valence-electron chi connectivity index (χ2n) is 7.20. The van der Waals surface area contributed by atoms with Crippen LogP contribution in [0.1, 0.15) is 51.5 Å². The Morgan fingerprint density at radius 1 is 1.24 bits per heavy atom. The lowest BCUT2D eigenvalue weighted by Crippen LogP contribution is -2.36. The first-order chi connectivity index (χ1) is 12.1. The van der Waals surface area contributed by atoms with Gasteiger partial charge in [0.05, 0.1) is 23.7 Å². The summed E-state index contributed by atoms with van der Waals surface area (Å²) >= 11 is 0. The second-order valence-corrected chi connectivity index (χ2v) is 7.20. The number of nitro benzene ring substituents is 1. The average Bonchev–Trinajstić information content (AvgIpc) is 2.68. The summed E-state index contributed by atoms with van der Waals surface area (Å²) in [6.45, 7) is 7.61. The molecule has 1 heterocycles. The molecule has 0 unspecified atom stereocenters. The fourth-order valence-electron chi connectivity index (χ4n) is 4.04. The molecule has 3 rings (SSSR count). The molecular weight excluding hydrogens is 316 g/mol. The number of anilines is 1. The third kappa shape index (κ3) is 3.71. The summed E-state index contributed by atoms with van der Waals surface area (Å²) in [6, 6.07) is 5.56. The van der Waals surface area contributed by atoms with Gasteiger partial charge in [0.25, 0.3) is 5.69 Å². The molecule has 1 aliphatic carbocycles. The lowest BCUT2D eigenvalue weighted by atomic mass is 9.70. The summed E-state index contributed by atoms with van der Waals surface area (Å²) in [5.41, 5.74) is 3.60. The minimum atomic E-state index is -0.249. The van der Waals surface area contributed by atoms with Crippen molar-refractivity contribution in [2.75, 3.05) is 31.2 Å². The molecule has 0 atom stereocenters. The fraction of sp³-hybridized carbons (Fsp3) is 0.600. The highest BCUT2D eigenvalue weighted by atomic mass is 16.6. The summed E-state index contributed by atoms with van der Waals surface area (Å²) in [4.78, 5) is 13.5. The molecule has 25 heavy (non-hydrogen) atoms. The predicted molar refractivity (Wildman–Crippen MR) is 101 cm³/mol. The molecule has 2 aliphatic rings. The highest BCUT2D eigenvalue weighted by molar-refractivity contribution is 5.76. The third-order valence-corrected chi connectivity index (χ3v) is 6.11. The van der Waals surface area contributed by atoms with Crippen LogP contribution in [0.15, 0.2) is 24.3 Å². The van der Waals surface area contributed by atoms with Gasteiger partial charge in [-0.3, -0.25) is 10.1 Å². The van der Waals surface area contributed by atoms with E-state index in [1.54, 1.807) is 6.07 Å². The van der Waals surface area contributed by atoms with E-state index in [0.29, 0.717) is 18.6 Å². The molecule has 0 radical (unpaired) electrons. The molecule has 0 bridgehead atoms. The summed E-state index contributed by atoms with van der Waals surface area (Å²) in [5, 5.41) is 11.5. The maximum atomic E-state index is 11.5. The number of nitrogens with zero attached hydrogens (tertiary/aromatic N) is 2. The molecule has 1 aliphatic heterocycles. The molecule has 1 fully saturated rings. The number of benzene rings is 1. The molecule has 1 saturated heterocycles. The molecule has 1 aromatic rings. The van der Waals surface area contributed by atoms with Crippen molar-refractivity contribution in [3.05, 3.63) is 40.0 Å². The van der Waals surface area contributed by atoms with Crippen molar-refractivity contribution in [2.45, 2.75) is 46.0 Å². The topological polar surface area (TPSA) is 55.6 Å². The maximum absolute atomic E-state index is 11.5. The van der Waals surface area contributed by atoms with Crippen molar-refractivity contribution in [1.29, 1.82) is 0 Å². The van der Waals surface area contributed by atoms with Gasteiger partial charge in [-0.1, -0.05) is 32.8 Å². The minimum absolute atomic E-state index is 0.226. The van der Waals surface area contributed by atoms with E-state index in [0.717, 1.165) is 49.2 Å². The zero-order valence-electron chi connectivity index (χ0n) is 15.3. The fourth-order valence-corrected chi connectivity index (χ4v) is 4.04. The molecule has 1 aromatic carbocycles. The van der Waals surface area contributed by atoms with Crippen molar-refractivity contribution >= 4 is 16.9 Å². The number of morpholine rings is 1. The van der Waals surface area contributed by atoms with Gasteiger partial charge in [0.15, 0.2) is 0 Å². The molecule has 5 nitrogen and oxygen atoms in total. The Hall–Kier alpha value is -1.88. The number of ether oxygens (including phenoxy) is 1. The van der Waals surface area contributed by atoms with Crippen LogP contribution in [-0.4, -0.2) is 31.2 Å². The van der Waals surface area contributed by atoms with Crippen LogP contribution >= 0.6 is 0 Å². The van der Waals surface area contributed by atoms with E-state index in [4.69, 9.17) is 4.74 Å². The molecule has 0 amide bonds. The van der Waals surface area contributed by atoms with Gasteiger partial charge >= 0.3 is 0 Å². The summed E-state index contributed by atoms with van der Waals surface area (Å²) in [6.07, 6.45) is 7.66. The van der Waals surface area contributed by atoms with Gasteiger partial charge in [-0.2, -0.15) is 0 Å². The zero-order valence-corrected chi connectivity index (χ0v) is 15.3. The van der Waals surface area contributed by atoms with Crippen LogP contribution in [-0.2, 0) is 4.74 Å². The highest BCUT2D eigenvalue weighted by Crippen LogP contribution is 2.45. The van der Waals surface area contributed by atoms with Gasteiger partial charge in [0.2, 0.25) is 0 Å². The molecular formula is C20H28N2O3. The van der Waals surface area contributed by atoms with Crippen molar-refractivity contribution < 1.29 is 9.66 Å². The van der Waals surface area contributed by atoms with E-state index in [-0.39, 0.29) is 10.6 Å². The van der Waals surface area contributed by atoms with Crippen molar-refractivity contribution in [3.8, 4) is 0 Å². The van der Waals surface area contributed by atoms with Crippen LogP contribution in [0.4, 0.5) is 11.4 Å². The van der Waals surface area contributed by atoms with Crippen LogP contribution in [0.3, 0.4) is 0 Å². The first-order valence-corrected chi connectivity index (χ1v) is 9.39. The number of hydrogen-bond donors (Lipinski definition) is 0. The van der Waals surface area contributed by atoms with Gasteiger partial charge < -0.3 is 9.64 Å². The number of nitro groups is 1. The van der Waals surface area contributed by atoms with Crippen molar-refractivity contribution in [2.24, 2.45) is 5.41 Å². The number of hydrogen-bond acceptors (Lipinski definition) is 4. The van der Waals surface area contributed by atoms with E-state index < -0.39 is 0 Å². The quantitative estimate of drug-likeness (QED) is 0.568. The monoisotopic (exact) mass is 344 g/mol. The first-order valence-electron chi connectivity index (χ1n) is 9.39.